The van der Waals surface area contributed by atoms with Crippen molar-refractivity contribution in [1.82, 2.24) is 20.2 Å². The minimum absolute atomic E-state index is 0. The monoisotopic (exact) mass is 524 g/mol. The average molecular weight is 526 g/mol. The van der Waals surface area contributed by atoms with Crippen LogP contribution in [0.25, 0.3) is 0 Å². The second-order valence-electron chi connectivity index (χ2n) is 9.95. The minimum Gasteiger partial charge on any atom is -0.345 e. The molecule has 0 bridgehead atoms. The molecule has 3 aromatic rings. The fourth-order valence-electron chi connectivity index (χ4n) is 5.04. The number of nitrogens with zero attached hydrogens (tertiary/aromatic N) is 2. The molecule has 1 saturated heterocycles. The molecule has 1 fully saturated rings. The molecule has 1 unspecified atom stereocenters. The van der Waals surface area contributed by atoms with Gasteiger partial charge in [-0.05, 0) is 25.0 Å². The summed E-state index contributed by atoms with van der Waals surface area (Å²) in [6.45, 7) is 15.3. The Morgan fingerprint density at radius 2 is 1.26 bits per heavy atom. The lowest BCUT2D eigenvalue weighted by Crippen LogP contribution is -2.56. The Morgan fingerprint density at radius 3 is 1.68 bits per heavy atom. The van der Waals surface area contributed by atoms with Gasteiger partial charge in [-0.3, -0.25) is 4.90 Å². The third-order valence-electron chi connectivity index (χ3n) is 6.68. The lowest BCUT2D eigenvalue weighted by molar-refractivity contribution is 0.0671. The fraction of sp³-hybridized carbons (Fsp3) is 0.444. The smallest absolute Gasteiger partial charge is 0.112 e. The molecule has 0 aliphatic carbocycles. The van der Waals surface area contributed by atoms with Crippen LogP contribution < -0.4 is 5.32 Å². The molecule has 4 nitrogen and oxygen atoms in total. The molecule has 1 atom stereocenters. The molecule has 2 N–H and O–H groups in total. The van der Waals surface area contributed by atoms with Crippen LogP contribution in [0.15, 0.2) is 60.7 Å². The molecule has 4 rings (SSSR count). The largest absolute Gasteiger partial charge is 0.345 e. The standard InChI is InChI=1S/C27H36N4.3ClH/c1-20-24(30-25(29-20)26(2,3)4)27(5,31-18-16-28-17-19-31)23(21-12-8-6-9-13-21)22-14-10-7-11-15-22;;;/h6-15,23,28H,16-19H2,1-5H3,(H,29,30);3*1H. The van der Waals surface area contributed by atoms with Crippen molar-refractivity contribution in [2.24, 2.45) is 0 Å². The molecule has 1 aliphatic heterocycles. The molecule has 0 saturated carbocycles. The first-order chi connectivity index (χ1) is 14.8. The highest BCUT2D eigenvalue weighted by Crippen LogP contribution is 2.46. The predicted molar refractivity (Wildman–Crippen MR) is 150 cm³/mol. The van der Waals surface area contributed by atoms with Crippen molar-refractivity contribution >= 4 is 37.2 Å². The highest BCUT2D eigenvalue weighted by molar-refractivity contribution is 5.86. The van der Waals surface area contributed by atoms with E-state index in [0.29, 0.717) is 0 Å². The quantitative estimate of drug-likeness (QED) is 0.415. The molecule has 34 heavy (non-hydrogen) atoms. The van der Waals surface area contributed by atoms with Crippen LogP contribution in [0.4, 0.5) is 0 Å². The van der Waals surface area contributed by atoms with Gasteiger partial charge in [0.25, 0.3) is 0 Å². The summed E-state index contributed by atoms with van der Waals surface area (Å²) in [6, 6.07) is 21.9. The summed E-state index contributed by atoms with van der Waals surface area (Å²) in [4.78, 5) is 11.6. The molecular formula is C27H39Cl3N4. The van der Waals surface area contributed by atoms with Gasteiger partial charge < -0.3 is 10.3 Å². The van der Waals surface area contributed by atoms with Crippen LogP contribution >= 0.6 is 37.2 Å². The van der Waals surface area contributed by atoms with E-state index in [4.69, 9.17) is 4.98 Å². The summed E-state index contributed by atoms with van der Waals surface area (Å²) in [5, 5.41) is 3.53. The zero-order valence-electron chi connectivity index (χ0n) is 20.8. The van der Waals surface area contributed by atoms with Crippen LogP contribution in [-0.2, 0) is 11.0 Å². The van der Waals surface area contributed by atoms with Crippen molar-refractivity contribution < 1.29 is 0 Å². The number of rotatable bonds is 5. The number of aryl methyl sites for hydroxylation is 1. The Morgan fingerprint density at radius 1 is 0.794 bits per heavy atom. The van der Waals surface area contributed by atoms with E-state index in [-0.39, 0.29) is 54.1 Å². The van der Waals surface area contributed by atoms with Crippen LogP contribution in [0.1, 0.15) is 62.0 Å². The molecule has 188 valence electrons. The van der Waals surface area contributed by atoms with Crippen LogP contribution in [0.2, 0.25) is 0 Å². The number of aromatic nitrogens is 2. The summed E-state index contributed by atoms with van der Waals surface area (Å²) < 4.78 is 0. The highest BCUT2D eigenvalue weighted by Gasteiger charge is 2.46. The molecule has 7 heteroatoms. The van der Waals surface area contributed by atoms with Gasteiger partial charge in [-0.2, -0.15) is 0 Å². The Hall–Kier alpha value is -1.56. The van der Waals surface area contributed by atoms with Gasteiger partial charge >= 0.3 is 0 Å². The lowest BCUT2D eigenvalue weighted by Gasteiger charge is -2.48. The number of aromatic amines is 1. The fourth-order valence-corrected chi connectivity index (χ4v) is 5.04. The second-order valence-corrected chi connectivity index (χ2v) is 9.95. The van der Waals surface area contributed by atoms with Crippen molar-refractivity contribution in [3.63, 3.8) is 0 Å². The molecule has 0 spiro atoms. The maximum Gasteiger partial charge on any atom is 0.112 e. The minimum atomic E-state index is -0.283. The van der Waals surface area contributed by atoms with Gasteiger partial charge in [-0.15, -0.1) is 37.2 Å². The maximum atomic E-state index is 5.28. The number of hydrogen-bond acceptors (Lipinski definition) is 3. The van der Waals surface area contributed by atoms with Crippen molar-refractivity contribution in [3.05, 3.63) is 89.0 Å². The van der Waals surface area contributed by atoms with Crippen molar-refractivity contribution in [2.75, 3.05) is 26.2 Å². The van der Waals surface area contributed by atoms with Crippen LogP contribution in [0, 0.1) is 6.92 Å². The molecule has 1 aromatic heterocycles. The van der Waals surface area contributed by atoms with Gasteiger partial charge in [-0.25, -0.2) is 4.98 Å². The number of piperazine rings is 1. The number of nitrogens with one attached hydrogen (secondary N) is 2. The van der Waals surface area contributed by atoms with E-state index in [9.17, 15) is 0 Å². The van der Waals surface area contributed by atoms with E-state index in [1.165, 1.54) is 16.8 Å². The topological polar surface area (TPSA) is 44.0 Å². The summed E-state index contributed by atoms with van der Waals surface area (Å²) >= 11 is 0. The van der Waals surface area contributed by atoms with Crippen LogP contribution in [-0.4, -0.2) is 41.0 Å². The zero-order valence-corrected chi connectivity index (χ0v) is 23.2. The SMILES string of the molecule is Cc1[nH]c(C(C)(C)C)nc1C(C)(C(c1ccccc1)c1ccccc1)N1CCNCC1.Cl.Cl.Cl. The Bertz CT molecular complexity index is 956. The maximum absolute atomic E-state index is 5.28. The Kier molecular flexibility index (Phi) is 11.1. The predicted octanol–water partition coefficient (Wildman–Crippen LogP) is 6.23. The summed E-state index contributed by atoms with van der Waals surface area (Å²) in [5.74, 6) is 1.23. The summed E-state index contributed by atoms with van der Waals surface area (Å²) in [7, 11) is 0. The molecule has 1 aliphatic rings. The van der Waals surface area contributed by atoms with Gasteiger partial charge in [0.2, 0.25) is 0 Å². The van der Waals surface area contributed by atoms with Crippen molar-refractivity contribution in [3.8, 4) is 0 Å². The van der Waals surface area contributed by atoms with E-state index in [2.05, 4.69) is 110 Å². The first kappa shape index (κ1) is 30.5. The van der Waals surface area contributed by atoms with E-state index >= 15 is 0 Å². The van der Waals surface area contributed by atoms with E-state index in [1.807, 2.05) is 0 Å². The molecule has 2 aromatic carbocycles. The first-order valence-electron chi connectivity index (χ1n) is 11.4. The number of halogens is 3. The van der Waals surface area contributed by atoms with E-state index in [0.717, 1.165) is 37.7 Å². The van der Waals surface area contributed by atoms with Crippen LogP contribution in [0.5, 0.6) is 0 Å². The van der Waals surface area contributed by atoms with Gasteiger partial charge in [0.05, 0.1) is 11.2 Å². The third kappa shape index (κ3) is 5.98. The van der Waals surface area contributed by atoms with Crippen LogP contribution in [0.3, 0.4) is 0 Å². The van der Waals surface area contributed by atoms with E-state index in [1.54, 1.807) is 0 Å². The molecule has 0 radical (unpaired) electrons. The number of H-pyrrole nitrogens is 1. The third-order valence-corrected chi connectivity index (χ3v) is 6.68. The molecule has 2 heterocycles. The van der Waals surface area contributed by atoms with Gasteiger partial charge in [-0.1, -0.05) is 81.4 Å². The normalized spacial score (nSPS) is 16.1. The Balaban J connectivity index is 0.00000193. The number of benzene rings is 2. The molecular weight excluding hydrogens is 487 g/mol. The van der Waals surface area contributed by atoms with E-state index < -0.39 is 0 Å². The summed E-state index contributed by atoms with van der Waals surface area (Å²) in [6.07, 6.45) is 0. The molecule has 0 amide bonds. The lowest BCUT2D eigenvalue weighted by atomic mass is 9.72. The zero-order chi connectivity index (χ0) is 22.1. The highest BCUT2D eigenvalue weighted by atomic mass is 35.5. The first-order valence-corrected chi connectivity index (χ1v) is 11.4. The van der Waals surface area contributed by atoms with Gasteiger partial charge in [0.15, 0.2) is 0 Å². The second kappa shape index (κ2) is 12.4. The van der Waals surface area contributed by atoms with Crippen molar-refractivity contribution in [1.29, 1.82) is 0 Å². The Labute approximate surface area is 223 Å². The number of imidazole rings is 1. The van der Waals surface area contributed by atoms with Crippen molar-refractivity contribution in [2.45, 2.75) is 51.5 Å². The van der Waals surface area contributed by atoms with Gasteiger partial charge in [0.1, 0.15) is 5.82 Å². The average Bonchev–Trinajstić information content (AvgIpc) is 3.19. The number of hydrogen-bond donors (Lipinski definition) is 2. The summed E-state index contributed by atoms with van der Waals surface area (Å²) in [5.41, 5.74) is 4.68. The van der Waals surface area contributed by atoms with Gasteiger partial charge in [0, 0.05) is 43.2 Å².